The summed E-state index contributed by atoms with van der Waals surface area (Å²) < 4.78 is 135. The summed E-state index contributed by atoms with van der Waals surface area (Å²) in [6.07, 6.45) is -3.01. The third kappa shape index (κ3) is 5.94. The smallest absolute Gasteiger partial charge is 0.381 e. The van der Waals surface area contributed by atoms with E-state index in [1.54, 1.807) is 17.9 Å². The summed E-state index contributed by atoms with van der Waals surface area (Å²) in [5, 5.41) is 0. The van der Waals surface area contributed by atoms with Gasteiger partial charge in [-0.2, -0.15) is 34.8 Å². The van der Waals surface area contributed by atoms with Crippen LogP contribution in [0, 0.1) is 17.7 Å². The van der Waals surface area contributed by atoms with Crippen LogP contribution in [0.4, 0.5) is 35.1 Å². The monoisotopic (exact) mass is 665 g/mol. The summed E-state index contributed by atoms with van der Waals surface area (Å²) in [5.41, 5.74) is -8.76. The second kappa shape index (κ2) is 11.3. The van der Waals surface area contributed by atoms with Gasteiger partial charge < -0.3 is 9.08 Å². The normalized spacial score (nSPS) is 26.8. The molecule has 0 N–H and O–H groups in total. The van der Waals surface area contributed by atoms with Gasteiger partial charge in [0, 0.05) is 30.3 Å². The highest BCUT2D eigenvalue weighted by molar-refractivity contribution is 7.87. The molecule has 2 aliphatic carbocycles. The van der Waals surface area contributed by atoms with Crippen molar-refractivity contribution in [3.8, 4) is 0 Å². The van der Waals surface area contributed by atoms with Gasteiger partial charge in [-0.3, -0.25) is 4.79 Å². The molecule has 1 heterocycles. The molecule has 1 fully saturated rings. The molecule has 5 atom stereocenters. The van der Waals surface area contributed by atoms with Crippen LogP contribution in [0.25, 0.3) is 0 Å². The van der Waals surface area contributed by atoms with E-state index in [-0.39, 0.29) is 38.1 Å². The predicted octanol–water partition coefficient (Wildman–Crippen LogP) is 7.40. The maximum atomic E-state index is 14.9. The molecule has 0 saturated carbocycles. The highest BCUT2D eigenvalue weighted by Gasteiger charge is 2.56. The van der Waals surface area contributed by atoms with Crippen molar-refractivity contribution in [3.05, 3.63) is 82.4 Å². The topological polar surface area (TPSA) is 63.7 Å². The third-order valence-corrected chi connectivity index (χ3v) is 10.5. The van der Waals surface area contributed by atoms with Gasteiger partial charge in [0.15, 0.2) is 0 Å². The lowest BCUT2D eigenvalue weighted by molar-refractivity contribution is -0.228. The maximum Gasteiger partial charge on any atom is 0.534 e. The molecule has 0 bridgehead atoms. The minimum absolute atomic E-state index is 0.0602. The van der Waals surface area contributed by atoms with Crippen LogP contribution >= 0.6 is 0 Å². The van der Waals surface area contributed by atoms with Gasteiger partial charge >= 0.3 is 21.8 Å². The number of hydrogen-bond donors (Lipinski definition) is 0. The van der Waals surface area contributed by atoms with Gasteiger partial charge in [-0.15, -0.1) is 0 Å². The minimum Gasteiger partial charge on any atom is -0.381 e. The van der Waals surface area contributed by atoms with Crippen LogP contribution in [-0.2, 0) is 43.0 Å². The maximum absolute atomic E-state index is 14.9. The number of halogens is 8. The summed E-state index contributed by atoms with van der Waals surface area (Å²) in [7, 11) is -5.86. The van der Waals surface area contributed by atoms with E-state index < -0.39 is 67.9 Å². The number of carbonyl (C=O) groups excluding carboxylic acids is 1. The molecule has 246 valence electrons. The molecule has 45 heavy (non-hydrogen) atoms. The van der Waals surface area contributed by atoms with E-state index in [1.807, 2.05) is 0 Å². The van der Waals surface area contributed by atoms with Gasteiger partial charge in [0.2, 0.25) is 11.6 Å². The summed E-state index contributed by atoms with van der Waals surface area (Å²) in [5.74, 6) is -2.44. The Morgan fingerprint density at radius 2 is 1.78 bits per heavy atom. The van der Waals surface area contributed by atoms with Crippen molar-refractivity contribution in [2.24, 2.45) is 11.8 Å². The summed E-state index contributed by atoms with van der Waals surface area (Å²) in [6, 6.07) is 9.24. The fourth-order valence-corrected chi connectivity index (χ4v) is 7.66. The third-order valence-electron chi connectivity index (χ3n) is 9.53. The van der Waals surface area contributed by atoms with Crippen molar-refractivity contribution in [1.82, 2.24) is 4.90 Å². The molecular weight excluding hydrogens is 634 g/mol. The molecule has 3 aliphatic rings. The number of hydrogen-bond acceptors (Lipinski definition) is 4. The van der Waals surface area contributed by atoms with E-state index in [9.17, 15) is 48.3 Å². The van der Waals surface area contributed by atoms with Gasteiger partial charge in [0.05, 0.1) is 0 Å². The minimum atomic E-state index is -5.86. The molecule has 2 aromatic carbocycles. The van der Waals surface area contributed by atoms with Crippen molar-refractivity contribution in [1.29, 1.82) is 0 Å². The first-order valence-corrected chi connectivity index (χ1v) is 15.8. The lowest BCUT2D eigenvalue weighted by atomic mass is 9.63. The lowest BCUT2D eigenvalue weighted by Crippen LogP contribution is -2.51. The highest BCUT2D eigenvalue weighted by Crippen LogP contribution is 2.52. The van der Waals surface area contributed by atoms with Gasteiger partial charge in [-0.25, -0.2) is 8.78 Å². The summed E-state index contributed by atoms with van der Waals surface area (Å²) >= 11 is 0. The fraction of sp³-hybridized carbons (Fsp3) is 0.516. The Hall–Kier alpha value is -3.16. The Bertz CT molecular complexity index is 1620. The Kier molecular flexibility index (Phi) is 8.32. The Labute approximate surface area is 255 Å². The average molecular weight is 666 g/mol. The number of alkyl halides is 7. The van der Waals surface area contributed by atoms with Gasteiger partial charge in [0.1, 0.15) is 11.6 Å². The Morgan fingerprint density at radius 3 is 2.40 bits per heavy atom. The molecule has 1 aliphatic heterocycles. The quantitative estimate of drug-likeness (QED) is 0.183. The number of benzene rings is 2. The zero-order chi connectivity index (χ0) is 33.2. The molecule has 0 aromatic heterocycles. The van der Waals surface area contributed by atoms with Gasteiger partial charge in [0.25, 0.3) is 0 Å². The SMILES string of the molecule is C[C@H]1CC(OS(=O)(=O)C(F)(F)F)=CC[C@H]1C(=O)N1CCC2(Cc3cccc(F)c3)c3ccc(C(C)(F)C(F)(F)F)cc3CCC12. The fourth-order valence-electron chi connectivity index (χ4n) is 7.14. The lowest BCUT2D eigenvalue weighted by Gasteiger charge is -2.45. The highest BCUT2D eigenvalue weighted by atomic mass is 32.2. The largest absolute Gasteiger partial charge is 0.534 e. The van der Waals surface area contributed by atoms with E-state index in [0.717, 1.165) is 6.07 Å². The van der Waals surface area contributed by atoms with Crippen molar-refractivity contribution in [2.75, 3.05) is 6.54 Å². The van der Waals surface area contributed by atoms with Crippen molar-refractivity contribution < 1.29 is 52.5 Å². The van der Waals surface area contributed by atoms with Crippen LogP contribution in [0.2, 0.25) is 0 Å². The zero-order valence-electron chi connectivity index (χ0n) is 24.3. The molecule has 0 spiro atoms. The zero-order valence-corrected chi connectivity index (χ0v) is 25.1. The molecule has 3 unspecified atom stereocenters. The molecule has 5 nitrogen and oxygen atoms in total. The molecule has 1 amide bonds. The Balaban J connectivity index is 1.47. The predicted molar refractivity (Wildman–Crippen MR) is 147 cm³/mol. The molecule has 2 aromatic rings. The second-order valence-electron chi connectivity index (χ2n) is 12.3. The van der Waals surface area contributed by atoms with E-state index >= 15 is 0 Å². The Morgan fingerprint density at radius 1 is 1.07 bits per heavy atom. The van der Waals surface area contributed by atoms with Crippen molar-refractivity contribution >= 4 is 16.0 Å². The number of likely N-dealkylation sites (tertiary alicyclic amines) is 1. The first-order valence-electron chi connectivity index (χ1n) is 14.4. The van der Waals surface area contributed by atoms with E-state index in [0.29, 0.717) is 36.5 Å². The number of fused-ring (bicyclic) bond motifs is 3. The van der Waals surface area contributed by atoms with Crippen LogP contribution in [0.15, 0.2) is 54.3 Å². The number of carbonyl (C=O) groups is 1. The molecule has 1 saturated heterocycles. The second-order valence-corrected chi connectivity index (χ2v) is 13.9. The number of rotatable bonds is 6. The number of allylic oxidation sites excluding steroid dienone is 2. The summed E-state index contributed by atoms with van der Waals surface area (Å²) in [6.45, 7) is 2.33. The molecule has 5 rings (SSSR count). The summed E-state index contributed by atoms with van der Waals surface area (Å²) in [4.78, 5) is 15.7. The van der Waals surface area contributed by atoms with E-state index in [2.05, 4.69) is 4.18 Å². The van der Waals surface area contributed by atoms with Crippen LogP contribution in [0.1, 0.15) is 61.8 Å². The van der Waals surface area contributed by atoms with Crippen LogP contribution < -0.4 is 0 Å². The number of amides is 1. The van der Waals surface area contributed by atoms with E-state index in [1.165, 1.54) is 36.4 Å². The van der Waals surface area contributed by atoms with Crippen LogP contribution in [0.3, 0.4) is 0 Å². The average Bonchev–Trinajstić information content (AvgIpc) is 3.30. The molecular formula is C31H31F8NO4S. The van der Waals surface area contributed by atoms with Crippen LogP contribution in [-0.4, -0.2) is 43.5 Å². The van der Waals surface area contributed by atoms with Gasteiger partial charge in [-0.05, 0) is 85.4 Å². The first-order chi connectivity index (χ1) is 20.8. The van der Waals surface area contributed by atoms with Gasteiger partial charge in [-0.1, -0.05) is 37.3 Å². The molecule has 0 radical (unpaired) electrons. The molecule has 14 heteroatoms. The van der Waals surface area contributed by atoms with Crippen molar-refractivity contribution in [3.63, 3.8) is 0 Å². The van der Waals surface area contributed by atoms with Crippen molar-refractivity contribution in [2.45, 2.75) is 81.2 Å². The first kappa shape index (κ1) is 33.2. The number of aryl methyl sites for hydroxylation is 1. The standard InChI is InChI=1S/C31H31F8NO4S/c1-18-14-23(44-45(42,43)31(37,38)39)8-9-24(18)27(41)40-13-12-29(17-19-4-3-5-22(32)15-19)25-10-7-21(28(2,33)30(34,35)36)16-20(25)6-11-26(29)40/h3-5,7-8,10,15-16,18,24,26H,6,9,11-14,17H2,1-2H3/t18-,24+,26?,28?,29?/m0/s1. The van der Waals surface area contributed by atoms with E-state index in [4.69, 9.17) is 0 Å². The number of nitrogens with zero attached hydrogens (tertiary/aromatic N) is 1. The van der Waals surface area contributed by atoms with Crippen LogP contribution in [0.5, 0.6) is 0 Å².